The summed E-state index contributed by atoms with van der Waals surface area (Å²) in [5.74, 6) is 0. The Balaban J connectivity index is 2.25. The molecule has 1 aromatic rings. The van der Waals surface area contributed by atoms with Crippen LogP contribution in [0.15, 0.2) is 18.2 Å². The Morgan fingerprint density at radius 2 is 2.22 bits per heavy atom. The van der Waals surface area contributed by atoms with Crippen molar-refractivity contribution in [3.05, 3.63) is 23.8 Å². The van der Waals surface area contributed by atoms with Gasteiger partial charge in [-0.25, -0.2) is 0 Å². The zero-order valence-electron chi connectivity index (χ0n) is 10.5. The number of nitriles is 1. The van der Waals surface area contributed by atoms with Crippen LogP contribution in [0.5, 0.6) is 0 Å². The van der Waals surface area contributed by atoms with E-state index in [1.165, 1.54) is 19.3 Å². The third-order valence-electron chi connectivity index (χ3n) is 3.54. The van der Waals surface area contributed by atoms with Crippen LogP contribution in [-0.2, 0) is 0 Å². The first-order chi connectivity index (χ1) is 8.76. The normalized spacial score (nSPS) is 14.9. The van der Waals surface area contributed by atoms with Gasteiger partial charge in [-0.3, -0.25) is 0 Å². The van der Waals surface area contributed by atoms with Crippen molar-refractivity contribution >= 4 is 11.4 Å². The number of nitrogens with zero attached hydrogens (tertiary/aromatic N) is 2. The molecule has 0 bridgehead atoms. The molecule has 0 amide bonds. The van der Waals surface area contributed by atoms with E-state index in [1.807, 2.05) is 6.07 Å². The molecule has 4 heteroatoms. The Hall–Kier alpha value is -1.73. The van der Waals surface area contributed by atoms with Crippen molar-refractivity contribution in [2.24, 2.45) is 0 Å². The van der Waals surface area contributed by atoms with Crippen LogP contribution >= 0.6 is 0 Å². The SMILES string of the molecule is N#Cc1ccc(N)c(N(CCCO)C2CCC2)c1. The quantitative estimate of drug-likeness (QED) is 0.777. The lowest BCUT2D eigenvalue weighted by Gasteiger charge is -2.40. The molecule has 0 spiro atoms. The second-order valence-corrected chi connectivity index (χ2v) is 4.74. The number of anilines is 2. The molecule has 1 saturated carbocycles. The van der Waals surface area contributed by atoms with Crippen LogP contribution in [0.25, 0.3) is 0 Å². The molecule has 1 aliphatic carbocycles. The summed E-state index contributed by atoms with van der Waals surface area (Å²) in [5.41, 5.74) is 8.30. The van der Waals surface area contributed by atoms with Gasteiger partial charge in [0.2, 0.25) is 0 Å². The van der Waals surface area contributed by atoms with Crippen LogP contribution < -0.4 is 10.6 Å². The summed E-state index contributed by atoms with van der Waals surface area (Å²) in [5, 5.41) is 18.0. The third-order valence-corrected chi connectivity index (χ3v) is 3.54. The van der Waals surface area contributed by atoms with Crippen molar-refractivity contribution in [2.45, 2.75) is 31.7 Å². The zero-order valence-corrected chi connectivity index (χ0v) is 10.5. The van der Waals surface area contributed by atoms with E-state index in [0.717, 1.165) is 18.7 Å². The van der Waals surface area contributed by atoms with Gasteiger partial charge in [-0.05, 0) is 43.9 Å². The number of hydrogen-bond acceptors (Lipinski definition) is 4. The van der Waals surface area contributed by atoms with Crippen molar-refractivity contribution in [2.75, 3.05) is 23.8 Å². The summed E-state index contributed by atoms with van der Waals surface area (Å²) < 4.78 is 0. The van der Waals surface area contributed by atoms with Gasteiger partial charge in [0, 0.05) is 19.2 Å². The number of nitrogen functional groups attached to an aromatic ring is 1. The minimum absolute atomic E-state index is 0.182. The van der Waals surface area contributed by atoms with Crippen LogP contribution in [0.4, 0.5) is 11.4 Å². The van der Waals surface area contributed by atoms with E-state index in [4.69, 9.17) is 16.1 Å². The second kappa shape index (κ2) is 5.74. The number of aliphatic hydroxyl groups is 1. The van der Waals surface area contributed by atoms with E-state index in [9.17, 15) is 0 Å². The average molecular weight is 245 g/mol. The van der Waals surface area contributed by atoms with Crippen LogP contribution in [0.3, 0.4) is 0 Å². The molecular formula is C14H19N3O. The molecule has 4 nitrogen and oxygen atoms in total. The first-order valence-corrected chi connectivity index (χ1v) is 6.43. The van der Waals surface area contributed by atoms with Gasteiger partial charge < -0.3 is 15.7 Å². The summed E-state index contributed by atoms with van der Waals surface area (Å²) in [6.07, 6.45) is 4.31. The molecule has 1 aromatic carbocycles. The maximum absolute atomic E-state index is 8.99. The van der Waals surface area contributed by atoms with Gasteiger partial charge in [-0.2, -0.15) is 5.26 Å². The van der Waals surface area contributed by atoms with E-state index in [-0.39, 0.29) is 6.61 Å². The Bertz CT molecular complexity index is 449. The first-order valence-electron chi connectivity index (χ1n) is 6.43. The molecule has 0 unspecified atom stereocenters. The highest BCUT2D eigenvalue weighted by atomic mass is 16.3. The molecule has 0 aliphatic heterocycles. The van der Waals surface area contributed by atoms with Crippen molar-refractivity contribution in [1.29, 1.82) is 5.26 Å². The highest BCUT2D eigenvalue weighted by molar-refractivity contribution is 5.70. The Morgan fingerprint density at radius 1 is 1.44 bits per heavy atom. The van der Waals surface area contributed by atoms with Gasteiger partial charge in [-0.15, -0.1) is 0 Å². The lowest BCUT2D eigenvalue weighted by atomic mass is 9.90. The molecule has 3 N–H and O–H groups in total. The molecule has 96 valence electrons. The zero-order chi connectivity index (χ0) is 13.0. The average Bonchev–Trinajstić information content (AvgIpc) is 2.33. The predicted molar refractivity (Wildman–Crippen MR) is 72.3 cm³/mol. The molecular weight excluding hydrogens is 226 g/mol. The summed E-state index contributed by atoms with van der Waals surface area (Å²) in [6.45, 7) is 0.974. The molecule has 2 rings (SSSR count). The van der Waals surface area contributed by atoms with Crippen molar-refractivity contribution in [1.82, 2.24) is 0 Å². The lowest BCUT2D eigenvalue weighted by Crippen LogP contribution is -2.41. The van der Waals surface area contributed by atoms with Gasteiger partial charge >= 0.3 is 0 Å². The largest absolute Gasteiger partial charge is 0.397 e. The second-order valence-electron chi connectivity index (χ2n) is 4.74. The smallest absolute Gasteiger partial charge is 0.0992 e. The van der Waals surface area contributed by atoms with E-state index < -0.39 is 0 Å². The number of benzene rings is 1. The summed E-state index contributed by atoms with van der Waals surface area (Å²) in [6, 6.07) is 8.04. The monoisotopic (exact) mass is 245 g/mol. The van der Waals surface area contributed by atoms with Crippen LogP contribution in [0.1, 0.15) is 31.2 Å². The minimum atomic E-state index is 0.182. The third kappa shape index (κ3) is 2.57. The van der Waals surface area contributed by atoms with Gasteiger partial charge in [0.1, 0.15) is 0 Å². The molecule has 0 radical (unpaired) electrons. The fourth-order valence-corrected chi connectivity index (χ4v) is 2.30. The van der Waals surface area contributed by atoms with Crippen LogP contribution in [-0.4, -0.2) is 24.3 Å². The Kier molecular flexibility index (Phi) is 4.06. The van der Waals surface area contributed by atoms with E-state index in [2.05, 4.69) is 11.0 Å². The molecule has 0 atom stereocenters. The van der Waals surface area contributed by atoms with Gasteiger partial charge in [-0.1, -0.05) is 0 Å². The highest BCUT2D eigenvalue weighted by Gasteiger charge is 2.26. The first kappa shape index (κ1) is 12.7. The number of hydrogen-bond donors (Lipinski definition) is 2. The van der Waals surface area contributed by atoms with Crippen molar-refractivity contribution < 1.29 is 5.11 Å². The van der Waals surface area contributed by atoms with Gasteiger partial charge in [0.25, 0.3) is 0 Å². The van der Waals surface area contributed by atoms with Gasteiger partial charge in [0.15, 0.2) is 0 Å². The highest BCUT2D eigenvalue weighted by Crippen LogP contribution is 2.33. The summed E-state index contributed by atoms with van der Waals surface area (Å²) in [7, 11) is 0. The number of aliphatic hydroxyl groups excluding tert-OH is 1. The number of rotatable bonds is 5. The lowest BCUT2D eigenvalue weighted by molar-refractivity contribution is 0.283. The topological polar surface area (TPSA) is 73.3 Å². The van der Waals surface area contributed by atoms with E-state index >= 15 is 0 Å². The summed E-state index contributed by atoms with van der Waals surface area (Å²) >= 11 is 0. The molecule has 1 aliphatic rings. The Labute approximate surface area is 108 Å². The van der Waals surface area contributed by atoms with Crippen molar-refractivity contribution in [3.63, 3.8) is 0 Å². The fraction of sp³-hybridized carbons (Fsp3) is 0.500. The maximum Gasteiger partial charge on any atom is 0.0992 e. The standard InChI is InChI=1S/C14H19N3O/c15-10-11-5-6-13(16)14(9-11)17(7-2-8-18)12-3-1-4-12/h5-6,9,12,18H,1-4,7-8,16H2. The molecule has 0 saturated heterocycles. The molecule has 0 heterocycles. The summed E-state index contributed by atoms with van der Waals surface area (Å²) in [4.78, 5) is 2.25. The van der Waals surface area contributed by atoms with Gasteiger partial charge in [0.05, 0.1) is 23.0 Å². The molecule has 18 heavy (non-hydrogen) atoms. The maximum atomic E-state index is 8.99. The minimum Gasteiger partial charge on any atom is -0.397 e. The molecule has 0 aromatic heterocycles. The van der Waals surface area contributed by atoms with E-state index in [0.29, 0.717) is 17.3 Å². The van der Waals surface area contributed by atoms with Crippen molar-refractivity contribution in [3.8, 4) is 6.07 Å². The van der Waals surface area contributed by atoms with Crippen LogP contribution in [0, 0.1) is 11.3 Å². The van der Waals surface area contributed by atoms with E-state index in [1.54, 1.807) is 12.1 Å². The fourth-order valence-electron chi connectivity index (χ4n) is 2.30. The van der Waals surface area contributed by atoms with Crippen LogP contribution in [0.2, 0.25) is 0 Å². The number of nitrogens with two attached hydrogens (primary N) is 1. The Morgan fingerprint density at radius 3 is 2.78 bits per heavy atom. The molecule has 1 fully saturated rings. The predicted octanol–water partition coefficient (Wildman–Crippen LogP) is 1.88.